The third-order valence-corrected chi connectivity index (χ3v) is 6.70. The van der Waals surface area contributed by atoms with E-state index in [1.807, 2.05) is 0 Å². The van der Waals surface area contributed by atoms with E-state index in [0.29, 0.717) is 0 Å². The molecule has 1 aliphatic heterocycles. The van der Waals surface area contributed by atoms with Gasteiger partial charge in [0.25, 0.3) is 0 Å². The summed E-state index contributed by atoms with van der Waals surface area (Å²) in [7, 11) is 0. The summed E-state index contributed by atoms with van der Waals surface area (Å²) in [5.41, 5.74) is 7.87. The number of benzene rings is 2. The highest BCUT2D eigenvalue weighted by atomic mass is 16.5. The van der Waals surface area contributed by atoms with Crippen LogP contribution in [-0.2, 0) is 19.3 Å². The summed E-state index contributed by atoms with van der Waals surface area (Å²) < 4.78 is 5.67. The number of aliphatic hydroxyl groups excluding tert-OH is 1. The fraction of sp³-hybridized carbons (Fsp3) is 0.346. The standard InChI is InChI=1S/C26H26N2O2/c1-26(2)13-20-24(21(29)14-26)23-17-5-3-4-6-18(17)28-25(23)19(27-20)12-15-7-8-22-16(11-15)9-10-30-22/h3-8,11,21,28-29H,9-10,12-14H2,1-2H3. The van der Waals surface area contributed by atoms with E-state index in [1.54, 1.807) is 0 Å². The van der Waals surface area contributed by atoms with Crippen molar-refractivity contribution >= 4 is 21.8 Å². The van der Waals surface area contributed by atoms with Crippen molar-refractivity contribution in [1.29, 1.82) is 0 Å². The summed E-state index contributed by atoms with van der Waals surface area (Å²) in [5, 5.41) is 13.4. The molecule has 0 saturated carbocycles. The van der Waals surface area contributed by atoms with Gasteiger partial charge >= 0.3 is 0 Å². The Hall–Kier alpha value is -2.85. The van der Waals surface area contributed by atoms with Crippen LogP contribution in [0.1, 0.15) is 54.5 Å². The summed E-state index contributed by atoms with van der Waals surface area (Å²) in [4.78, 5) is 8.76. The number of rotatable bonds is 2. The first-order valence-electron chi connectivity index (χ1n) is 10.8. The van der Waals surface area contributed by atoms with Crippen molar-refractivity contribution in [1.82, 2.24) is 9.97 Å². The van der Waals surface area contributed by atoms with Crippen molar-refractivity contribution in [3.63, 3.8) is 0 Å². The predicted molar refractivity (Wildman–Crippen MR) is 119 cm³/mol. The zero-order valence-corrected chi connectivity index (χ0v) is 17.5. The molecule has 0 spiro atoms. The van der Waals surface area contributed by atoms with E-state index in [2.05, 4.69) is 61.3 Å². The molecule has 1 aliphatic carbocycles. The van der Waals surface area contributed by atoms with Crippen LogP contribution in [0.15, 0.2) is 42.5 Å². The normalized spacial score (nSPS) is 19.6. The molecule has 0 fully saturated rings. The van der Waals surface area contributed by atoms with E-state index in [1.165, 1.54) is 16.5 Å². The molecule has 4 heteroatoms. The average molecular weight is 399 g/mol. The number of nitrogens with one attached hydrogen (secondary N) is 1. The lowest BCUT2D eigenvalue weighted by Crippen LogP contribution is -2.27. The minimum absolute atomic E-state index is 0.0430. The van der Waals surface area contributed by atoms with Crippen LogP contribution in [0.5, 0.6) is 5.75 Å². The van der Waals surface area contributed by atoms with Crippen molar-refractivity contribution in [2.75, 3.05) is 6.61 Å². The van der Waals surface area contributed by atoms with Crippen LogP contribution in [0.4, 0.5) is 0 Å². The molecule has 2 aromatic heterocycles. The summed E-state index contributed by atoms with van der Waals surface area (Å²) in [5.74, 6) is 1.01. The zero-order valence-electron chi connectivity index (χ0n) is 17.5. The second-order valence-corrected chi connectivity index (χ2v) is 9.62. The van der Waals surface area contributed by atoms with Crippen molar-refractivity contribution in [3.05, 3.63) is 70.5 Å². The van der Waals surface area contributed by atoms with Gasteiger partial charge in [-0.1, -0.05) is 44.2 Å². The van der Waals surface area contributed by atoms with Gasteiger partial charge in [-0.3, -0.25) is 4.98 Å². The predicted octanol–water partition coefficient (Wildman–Crippen LogP) is 5.25. The maximum absolute atomic E-state index is 11.1. The number of para-hydroxylation sites is 1. The summed E-state index contributed by atoms with van der Waals surface area (Å²) in [6.45, 7) is 5.22. The molecule has 2 aromatic carbocycles. The molecule has 30 heavy (non-hydrogen) atoms. The van der Waals surface area contributed by atoms with Gasteiger partial charge in [-0.15, -0.1) is 0 Å². The summed E-state index contributed by atoms with van der Waals surface area (Å²) in [6.07, 6.45) is 2.91. The number of aromatic amines is 1. The fourth-order valence-corrected chi connectivity index (χ4v) is 5.38. The molecule has 4 aromatic rings. The van der Waals surface area contributed by atoms with Crippen LogP contribution < -0.4 is 4.74 Å². The summed E-state index contributed by atoms with van der Waals surface area (Å²) >= 11 is 0. The Morgan fingerprint density at radius 3 is 2.97 bits per heavy atom. The van der Waals surface area contributed by atoms with Gasteiger partial charge in [0.2, 0.25) is 0 Å². The van der Waals surface area contributed by atoms with Gasteiger partial charge in [-0.25, -0.2) is 0 Å². The molecule has 0 bridgehead atoms. The Labute approximate surface area is 175 Å². The molecular weight excluding hydrogens is 372 g/mol. The van der Waals surface area contributed by atoms with Crippen molar-refractivity contribution < 1.29 is 9.84 Å². The SMILES string of the molecule is CC1(C)Cc2nc(Cc3ccc4c(c3)CCO4)c3[nH]c4ccccc4c3c2C(O)C1. The smallest absolute Gasteiger partial charge is 0.122 e. The Morgan fingerprint density at radius 2 is 2.07 bits per heavy atom. The van der Waals surface area contributed by atoms with Crippen LogP contribution in [0.3, 0.4) is 0 Å². The van der Waals surface area contributed by atoms with Crippen LogP contribution in [0.2, 0.25) is 0 Å². The zero-order chi connectivity index (χ0) is 20.5. The highest BCUT2D eigenvalue weighted by Gasteiger charge is 2.35. The van der Waals surface area contributed by atoms with E-state index >= 15 is 0 Å². The van der Waals surface area contributed by atoms with Crippen LogP contribution in [0.25, 0.3) is 21.8 Å². The lowest BCUT2D eigenvalue weighted by Gasteiger charge is -2.34. The third kappa shape index (κ3) is 2.74. The second kappa shape index (κ2) is 6.32. The fourth-order valence-electron chi connectivity index (χ4n) is 5.38. The molecule has 3 heterocycles. The van der Waals surface area contributed by atoms with Gasteiger partial charge in [0, 0.05) is 40.4 Å². The number of ether oxygens (including phenoxy) is 1. The maximum atomic E-state index is 11.1. The number of hydrogen-bond donors (Lipinski definition) is 2. The van der Waals surface area contributed by atoms with Gasteiger partial charge in [0.15, 0.2) is 0 Å². The van der Waals surface area contributed by atoms with Gasteiger partial charge in [-0.2, -0.15) is 0 Å². The minimum Gasteiger partial charge on any atom is -0.493 e. The number of aromatic nitrogens is 2. The van der Waals surface area contributed by atoms with Crippen LogP contribution in [-0.4, -0.2) is 21.7 Å². The van der Waals surface area contributed by atoms with Gasteiger partial charge in [-0.05, 0) is 41.5 Å². The Bertz CT molecular complexity index is 1300. The van der Waals surface area contributed by atoms with E-state index in [-0.39, 0.29) is 5.41 Å². The van der Waals surface area contributed by atoms with Crippen molar-refractivity contribution in [3.8, 4) is 5.75 Å². The third-order valence-electron chi connectivity index (χ3n) is 6.70. The maximum Gasteiger partial charge on any atom is 0.122 e. The van der Waals surface area contributed by atoms with Crippen LogP contribution >= 0.6 is 0 Å². The van der Waals surface area contributed by atoms with Crippen molar-refractivity contribution in [2.24, 2.45) is 5.41 Å². The molecule has 1 unspecified atom stereocenters. The molecule has 1 atom stereocenters. The van der Waals surface area contributed by atoms with E-state index in [4.69, 9.17) is 9.72 Å². The molecule has 0 amide bonds. The first-order valence-corrected chi connectivity index (χ1v) is 10.8. The first-order chi connectivity index (χ1) is 14.5. The van der Waals surface area contributed by atoms with E-state index in [0.717, 1.165) is 71.4 Å². The molecule has 0 saturated heterocycles. The lowest BCUT2D eigenvalue weighted by molar-refractivity contribution is 0.0997. The van der Waals surface area contributed by atoms with E-state index in [9.17, 15) is 5.11 Å². The second-order valence-electron chi connectivity index (χ2n) is 9.62. The van der Waals surface area contributed by atoms with Gasteiger partial charge < -0.3 is 14.8 Å². The topological polar surface area (TPSA) is 58.1 Å². The monoisotopic (exact) mass is 398 g/mol. The Balaban J connectivity index is 1.58. The van der Waals surface area contributed by atoms with E-state index < -0.39 is 6.10 Å². The molecular formula is C26H26N2O2. The molecule has 4 nitrogen and oxygen atoms in total. The number of H-pyrrole nitrogens is 1. The quantitative estimate of drug-likeness (QED) is 0.485. The lowest BCUT2D eigenvalue weighted by atomic mass is 9.74. The number of nitrogens with zero attached hydrogens (tertiary/aromatic N) is 1. The molecule has 2 aliphatic rings. The molecule has 2 N–H and O–H groups in total. The number of pyridine rings is 1. The van der Waals surface area contributed by atoms with Crippen LogP contribution in [0, 0.1) is 5.41 Å². The number of aliphatic hydroxyl groups is 1. The number of fused-ring (bicyclic) bond motifs is 6. The van der Waals surface area contributed by atoms with Gasteiger partial charge in [0.05, 0.1) is 23.9 Å². The summed E-state index contributed by atoms with van der Waals surface area (Å²) in [6, 6.07) is 14.9. The minimum atomic E-state index is -0.482. The Kier molecular flexibility index (Phi) is 3.79. The Morgan fingerprint density at radius 1 is 1.20 bits per heavy atom. The highest BCUT2D eigenvalue weighted by Crippen LogP contribution is 2.45. The highest BCUT2D eigenvalue weighted by molar-refractivity contribution is 6.10. The van der Waals surface area contributed by atoms with Crippen molar-refractivity contribution in [2.45, 2.75) is 45.6 Å². The largest absolute Gasteiger partial charge is 0.493 e. The van der Waals surface area contributed by atoms with Gasteiger partial charge in [0.1, 0.15) is 5.75 Å². The molecule has 6 rings (SSSR count). The average Bonchev–Trinajstić information content (AvgIpc) is 3.31. The molecule has 152 valence electrons. The molecule has 0 radical (unpaired) electrons. The number of hydrogen-bond acceptors (Lipinski definition) is 3. The first kappa shape index (κ1) is 18.0.